The van der Waals surface area contributed by atoms with Crippen LogP contribution in [0.1, 0.15) is 18.2 Å². The Labute approximate surface area is 136 Å². The number of halogens is 1. The van der Waals surface area contributed by atoms with Crippen LogP contribution in [0.2, 0.25) is 0 Å². The largest absolute Gasteiger partial charge is 0.469 e. The van der Waals surface area contributed by atoms with E-state index in [1.54, 1.807) is 17.0 Å². The highest BCUT2D eigenvalue weighted by Gasteiger charge is 2.26. The van der Waals surface area contributed by atoms with E-state index in [-0.39, 0.29) is 18.2 Å². The van der Waals surface area contributed by atoms with Crippen molar-refractivity contribution in [3.63, 3.8) is 0 Å². The van der Waals surface area contributed by atoms with Gasteiger partial charge < -0.3 is 14.6 Å². The van der Waals surface area contributed by atoms with E-state index in [1.807, 2.05) is 12.1 Å². The van der Waals surface area contributed by atoms with Crippen molar-refractivity contribution < 1.29 is 14.0 Å². The Bertz CT molecular complexity index is 725. The maximum absolute atomic E-state index is 12.2. The van der Waals surface area contributed by atoms with E-state index in [0.29, 0.717) is 18.0 Å². The van der Waals surface area contributed by atoms with Crippen LogP contribution in [0.3, 0.4) is 0 Å². The number of rotatable bonds is 3. The lowest BCUT2D eigenvalue weighted by molar-refractivity contribution is -0.117. The van der Waals surface area contributed by atoms with Gasteiger partial charge in [0.05, 0.1) is 24.1 Å². The number of hydrogen-bond acceptors (Lipinski definition) is 3. The second-order valence-corrected chi connectivity index (χ2v) is 6.10. The lowest BCUT2D eigenvalue weighted by Gasteiger charge is -2.19. The van der Waals surface area contributed by atoms with Crippen LogP contribution in [0.5, 0.6) is 0 Å². The summed E-state index contributed by atoms with van der Waals surface area (Å²) in [5, 5.41) is 2.88. The summed E-state index contributed by atoms with van der Waals surface area (Å²) in [6.45, 7) is 2.17. The Balaban J connectivity index is 1.87. The molecule has 2 heterocycles. The Morgan fingerprint density at radius 2 is 2.23 bits per heavy atom. The Kier molecular flexibility index (Phi) is 4.02. The van der Waals surface area contributed by atoms with E-state index in [2.05, 4.69) is 21.2 Å². The first-order chi connectivity index (χ1) is 10.5. The molecule has 0 atom stereocenters. The minimum absolute atomic E-state index is 0.0254. The number of carbonyl (C=O) groups is 2. The van der Waals surface area contributed by atoms with E-state index in [1.165, 1.54) is 13.2 Å². The molecule has 0 unspecified atom stereocenters. The molecule has 5 nitrogen and oxygen atoms in total. The lowest BCUT2D eigenvalue weighted by atomic mass is 10.1. The van der Waals surface area contributed by atoms with Crippen LogP contribution in [0, 0.1) is 0 Å². The second kappa shape index (κ2) is 5.96. The number of hydrogen-bond donors (Lipinski definition) is 1. The summed E-state index contributed by atoms with van der Waals surface area (Å²) < 4.78 is 6.06. The molecular formula is C16H15BrN2O3. The van der Waals surface area contributed by atoms with Gasteiger partial charge in [-0.2, -0.15) is 0 Å². The average molecular weight is 363 g/mol. The third-order valence-corrected chi connectivity index (χ3v) is 4.06. The van der Waals surface area contributed by atoms with Crippen molar-refractivity contribution in [3.05, 3.63) is 46.3 Å². The van der Waals surface area contributed by atoms with Gasteiger partial charge in [0.15, 0.2) is 0 Å². The first-order valence-corrected chi connectivity index (χ1v) is 7.76. The molecule has 0 aliphatic carbocycles. The quantitative estimate of drug-likeness (QED) is 0.912. The van der Waals surface area contributed by atoms with Crippen molar-refractivity contribution in [1.82, 2.24) is 0 Å². The summed E-state index contributed by atoms with van der Waals surface area (Å²) in [6, 6.07) is 7.31. The van der Waals surface area contributed by atoms with Gasteiger partial charge in [-0.25, -0.2) is 0 Å². The fourth-order valence-electron chi connectivity index (χ4n) is 2.69. The molecule has 1 aliphatic rings. The summed E-state index contributed by atoms with van der Waals surface area (Å²) in [4.78, 5) is 25.7. The Morgan fingerprint density at radius 1 is 1.41 bits per heavy atom. The first kappa shape index (κ1) is 14.8. The molecule has 1 N–H and O–H groups in total. The molecule has 1 aromatic carbocycles. The molecule has 0 saturated carbocycles. The summed E-state index contributed by atoms with van der Waals surface area (Å²) in [5.41, 5.74) is 2.50. The fraction of sp³-hybridized carbons (Fsp3) is 0.250. The van der Waals surface area contributed by atoms with Gasteiger partial charge in [-0.3, -0.25) is 9.59 Å². The summed E-state index contributed by atoms with van der Waals surface area (Å²) in [5.74, 6) is 0.404. The molecule has 6 heteroatoms. The Hall–Kier alpha value is -2.08. The minimum atomic E-state index is -0.175. The Morgan fingerprint density at radius 3 is 2.91 bits per heavy atom. The molecule has 0 saturated heterocycles. The molecule has 22 heavy (non-hydrogen) atoms. The number of furan rings is 1. The van der Waals surface area contributed by atoms with Crippen molar-refractivity contribution in [1.29, 1.82) is 0 Å². The summed E-state index contributed by atoms with van der Waals surface area (Å²) in [6.07, 6.45) is 2.49. The highest BCUT2D eigenvalue weighted by Crippen LogP contribution is 2.38. The fourth-order valence-corrected chi connectivity index (χ4v) is 3.19. The minimum Gasteiger partial charge on any atom is -0.469 e. The maximum Gasteiger partial charge on any atom is 0.232 e. The SMILES string of the molecule is CC(=O)N1CCc2cc(Br)cc(NC(=O)Cc3ccco3)c21. The van der Waals surface area contributed by atoms with Gasteiger partial charge in [-0.15, -0.1) is 0 Å². The highest BCUT2D eigenvalue weighted by molar-refractivity contribution is 9.10. The predicted molar refractivity (Wildman–Crippen MR) is 86.9 cm³/mol. The van der Waals surface area contributed by atoms with Crippen LogP contribution in [0.15, 0.2) is 39.4 Å². The number of fused-ring (bicyclic) bond motifs is 1. The number of anilines is 2. The first-order valence-electron chi connectivity index (χ1n) is 6.97. The van der Waals surface area contributed by atoms with Gasteiger partial charge in [0.2, 0.25) is 11.8 Å². The third kappa shape index (κ3) is 2.92. The van der Waals surface area contributed by atoms with Crippen molar-refractivity contribution in [2.24, 2.45) is 0 Å². The number of carbonyl (C=O) groups excluding carboxylic acids is 2. The van der Waals surface area contributed by atoms with Gasteiger partial charge in [-0.1, -0.05) is 15.9 Å². The zero-order valence-electron chi connectivity index (χ0n) is 12.1. The van der Waals surface area contributed by atoms with E-state index < -0.39 is 0 Å². The molecule has 0 bridgehead atoms. The van der Waals surface area contributed by atoms with Crippen molar-refractivity contribution in [2.75, 3.05) is 16.8 Å². The van der Waals surface area contributed by atoms with Crippen molar-refractivity contribution >= 4 is 39.1 Å². The molecule has 2 amide bonds. The lowest BCUT2D eigenvalue weighted by Crippen LogP contribution is -2.27. The van der Waals surface area contributed by atoms with E-state index in [9.17, 15) is 9.59 Å². The normalized spacial score (nSPS) is 13.1. The summed E-state index contributed by atoms with van der Waals surface area (Å²) >= 11 is 3.45. The van der Waals surface area contributed by atoms with Crippen LogP contribution in [0.25, 0.3) is 0 Å². The number of benzene rings is 1. The molecule has 0 spiro atoms. The summed E-state index contributed by atoms with van der Waals surface area (Å²) in [7, 11) is 0. The smallest absolute Gasteiger partial charge is 0.232 e. The number of amides is 2. The molecule has 1 aliphatic heterocycles. The van der Waals surface area contributed by atoms with Crippen LogP contribution in [0.4, 0.5) is 11.4 Å². The second-order valence-electron chi connectivity index (χ2n) is 5.19. The van der Waals surface area contributed by atoms with Gasteiger partial charge in [0.1, 0.15) is 5.76 Å². The molecule has 1 aromatic heterocycles. The van der Waals surface area contributed by atoms with Crippen LogP contribution in [-0.4, -0.2) is 18.4 Å². The molecular weight excluding hydrogens is 348 g/mol. The molecule has 0 fully saturated rings. The van der Waals surface area contributed by atoms with Gasteiger partial charge in [-0.05, 0) is 36.2 Å². The van der Waals surface area contributed by atoms with Crippen LogP contribution >= 0.6 is 15.9 Å². The molecule has 114 valence electrons. The predicted octanol–water partition coefficient (Wildman–Crippen LogP) is 3.13. The molecule has 3 rings (SSSR count). The average Bonchev–Trinajstić information content (AvgIpc) is 3.07. The van der Waals surface area contributed by atoms with Crippen molar-refractivity contribution in [3.8, 4) is 0 Å². The van der Waals surface area contributed by atoms with Gasteiger partial charge in [0.25, 0.3) is 0 Å². The van der Waals surface area contributed by atoms with Crippen LogP contribution in [-0.2, 0) is 22.4 Å². The number of nitrogens with one attached hydrogen (secondary N) is 1. The topological polar surface area (TPSA) is 62.6 Å². The van der Waals surface area contributed by atoms with Crippen LogP contribution < -0.4 is 10.2 Å². The van der Waals surface area contributed by atoms with Gasteiger partial charge in [0, 0.05) is 17.9 Å². The van der Waals surface area contributed by atoms with Crippen molar-refractivity contribution in [2.45, 2.75) is 19.8 Å². The zero-order chi connectivity index (χ0) is 15.7. The molecule has 2 aromatic rings. The third-order valence-electron chi connectivity index (χ3n) is 3.60. The number of nitrogens with zero attached hydrogens (tertiary/aromatic N) is 1. The van der Waals surface area contributed by atoms with E-state index in [4.69, 9.17) is 4.42 Å². The van der Waals surface area contributed by atoms with Gasteiger partial charge >= 0.3 is 0 Å². The monoisotopic (exact) mass is 362 g/mol. The molecule has 0 radical (unpaired) electrons. The van der Waals surface area contributed by atoms with E-state index in [0.717, 1.165) is 22.1 Å². The van der Waals surface area contributed by atoms with E-state index >= 15 is 0 Å². The zero-order valence-corrected chi connectivity index (χ0v) is 13.6. The maximum atomic E-state index is 12.2. The highest BCUT2D eigenvalue weighted by atomic mass is 79.9. The standard InChI is InChI=1S/C16H15BrN2O3/c1-10(20)19-5-4-11-7-12(17)8-14(16(11)19)18-15(21)9-13-3-2-6-22-13/h2-3,6-8H,4-5,9H2,1H3,(H,18,21).